The topological polar surface area (TPSA) is 88.2 Å². The fourth-order valence-corrected chi connectivity index (χ4v) is 4.96. The van der Waals surface area contributed by atoms with Gasteiger partial charge in [-0.15, -0.1) is 0 Å². The molecule has 0 amide bonds. The van der Waals surface area contributed by atoms with Gasteiger partial charge in [0.05, 0.1) is 48.7 Å². The van der Waals surface area contributed by atoms with Crippen molar-refractivity contribution in [3.8, 4) is 0 Å². The van der Waals surface area contributed by atoms with Gasteiger partial charge in [-0.3, -0.25) is 4.90 Å². The molecule has 0 unspecified atom stereocenters. The number of carbonyl (C=O) groups is 1. The molecule has 0 radical (unpaired) electrons. The largest absolute Gasteiger partial charge is 0.461 e. The summed E-state index contributed by atoms with van der Waals surface area (Å²) in [6.45, 7) is 12.2. The van der Waals surface area contributed by atoms with E-state index in [-0.39, 0.29) is 17.5 Å². The molecule has 4 heterocycles. The Kier molecular flexibility index (Phi) is 5.44. The highest BCUT2D eigenvalue weighted by atomic mass is 32.1. The minimum absolute atomic E-state index is 0.278. The number of rotatable bonds is 4. The monoisotopic (exact) mass is 420 g/mol. The molecule has 2 aromatic rings. The first kappa shape index (κ1) is 20.4. The van der Waals surface area contributed by atoms with Crippen LogP contribution in [0.4, 0.5) is 11.5 Å². The fraction of sp³-hybridized carbons (Fsp3) is 0.619. The van der Waals surface area contributed by atoms with Crippen LogP contribution in [0.1, 0.15) is 48.5 Å². The molecule has 7 nitrogen and oxygen atoms in total. The van der Waals surface area contributed by atoms with Crippen LogP contribution in [0.3, 0.4) is 0 Å². The number of aromatic amines is 1. The van der Waals surface area contributed by atoms with Crippen LogP contribution in [0.25, 0.3) is 10.2 Å². The molecule has 2 aliphatic heterocycles. The first-order valence-corrected chi connectivity index (χ1v) is 11.0. The minimum atomic E-state index is -0.348. The van der Waals surface area contributed by atoms with Gasteiger partial charge in [-0.2, -0.15) is 0 Å². The minimum Gasteiger partial charge on any atom is -0.461 e. The molecule has 158 valence electrons. The summed E-state index contributed by atoms with van der Waals surface area (Å²) in [7, 11) is 0. The van der Waals surface area contributed by atoms with Crippen molar-refractivity contribution in [2.75, 3.05) is 43.5 Å². The summed E-state index contributed by atoms with van der Waals surface area (Å²) in [5, 5.41) is 0.940. The van der Waals surface area contributed by atoms with Crippen LogP contribution < -0.4 is 15.6 Å². The Morgan fingerprint density at radius 2 is 2.03 bits per heavy atom. The third kappa shape index (κ3) is 3.93. The number of nitrogens with two attached hydrogens (primary N) is 1. The lowest BCUT2D eigenvalue weighted by molar-refractivity contribution is -0.329. The average molecular weight is 421 g/mol. The number of carbonyl (C=O) groups excluding carboxylic acids is 1. The van der Waals surface area contributed by atoms with Crippen molar-refractivity contribution < 1.29 is 24.0 Å². The third-order valence-corrected chi connectivity index (χ3v) is 6.50. The average Bonchev–Trinajstić information content (AvgIpc) is 3.02. The van der Waals surface area contributed by atoms with Crippen LogP contribution >= 0.6 is 11.3 Å². The number of fused-ring (bicyclic) bond motifs is 3. The van der Waals surface area contributed by atoms with Gasteiger partial charge >= 0.3 is 5.97 Å². The maximum absolute atomic E-state index is 12.7. The number of nitrogen functional groups attached to an aromatic ring is 1. The number of pyridine rings is 1. The van der Waals surface area contributed by atoms with E-state index in [1.54, 1.807) is 0 Å². The number of morpholine rings is 1. The van der Waals surface area contributed by atoms with Crippen molar-refractivity contribution in [3.05, 3.63) is 16.0 Å². The maximum Gasteiger partial charge on any atom is 0.350 e. The molecule has 4 rings (SSSR count). The van der Waals surface area contributed by atoms with Crippen LogP contribution in [0, 0.1) is 5.92 Å². The van der Waals surface area contributed by atoms with Gasteiger partial charge in [0.1, 0.15) is 18.0 Å². The van der Waals surface area contributed by atoms with Gasteiger partial charge in [0.2, 0.25) is 0 Å². The Morgan fingerprint density at radius 1 is 1.31 bits per heavy atom. The van der Waals surface area contributed by atoms with E-state index in [9.17, 15) is 4.79 Å². The second-order valence-electron chi connectivity index (χ2n) is 8.80. The van der Waals surface area contributed by atoms with Gasteiger partial charge in [0.25, 0.3) is 5.82 Å². The number of nitrogens with one attached hydrogen (secondary N) is 1. The standard InChI is InChI=1S/C21H29N3O4S/c1-12(2)10-27-20(25)17-16(22)15-13-9-21(3,4)28-11-14(13)18(23-19(15)29-17)24-5-7-26-8-6-24/h12H,5-11,22H2,1-4H3/p+1. The number of esters is 1. The highest BCUT2D eigenvalue weighted by Gasteiger charge is 2.37. The second kappa shape index (κ2) is 7.74. The number of thiophene rings is 1. The predicted octanol–water partition coefficient (Wildman–Crippen LogP) is 2.80. The number of aromatic nitrogens is 1. The van der Waals surface area contributed by atoms with Gasteiger partial charge < -0.3 is 19.9 Å². The molecular formula is C21H30N3O4S+. The lowest BCUT2D eigenvalue weighted by Gasteiger charge is -2.33. The zero-order valence-electron chi connectivity index (χ0n) is 17.6. The number of nitrogens with zero attached hydrogens (tertiary/aromatic N) is 1. The van der Waals surface area contributed by atoms with Crippen molar-refractivity contribution in [1.29, 1.82) is 0 Å². The van der Waals surface area contributed by atoms with Gasteiger partial charge in [0, 0.05) is 6.42 Å². The lowest BCUT2D eigenvalue weighted by atomic mass is 9.89. The SMILES string of the molecule is CC(C)COC(=O)c1sc2[nH+]c(N3CCOCC3)c3c(c2c1N)CC(C)(C)OC3. The highest BCUT2D eigenvalue weighted by molar-refractivity contribution is 7.20. The third-order valence-electron chi connectivity index (χ3n) is 5.40. The Balaban J connectivity index is 1.83. The van der Waals surface area contributed by atoms with Crippen molar-refractivity contribution in [3.63, 3.8) is 0 Å². The molecule has 3 N–H and O–H groups in total. The normalized spacial score (nSPS) is 18.9. The molecule has 0 atom stereocenters. The first-order chi connectivity index (χ1) is 13.8. The van der Waals surface area contributed by atoms with Crippen molar-refractivity contribution in [2.24, 2.45) is 5.92 Å². The molecule has 8 heteroatoms. The number of ether oxygens (including phenoxy) is 3. The maximum atomic E-state index is 12.7. The molecular weight excluding hydrogens is 390 g/mol. The molecule has 2 aromatic heterocycles. The molecule has 29 heavy (non-hydrogen) atoms. The Hall–Kier alpha value is -1.90. The van der Waals surface area contributed by atoms with E-state index in [0.717, 1.165) is 41.1 Å². The van der Waals surface area contributed by atoms with Crippen molar-refractivity contribution in [1.82, 2.24) is 0 Å². The van der Waals surface area contributed by atoms with Crippen LogP contribution in [0.15, 0.2) is 0 Å². The smallest absolute Gasteiger partial charge is 0.350 e. The summed E-state index contributed by atoms with van der Waals surface area (Å²) in [6, 6.07) is 0. The summed E-state index contributed by atoms with van der Waals surface area (Å²) in [5.41, 5.74) is 9.04. The zero-order chi connectivity index (χ0) is 20.8. The van der Waals surface area contributed by atoms with Crippen molar-refractivity contribution in [2.45, 2.75) is 46.3 Å². The van der Waals surface area contributed by atoms with E-state index in [1.807, 2.05) is 13.8 Å². The van der Waals surface area contributed by atoms with Crippen LogP contribution in [0.2, 0.25) is 0 Å². The van der Waals surface area contributed by atoms with Gasteiger partial charge in [-0.1, -0.05) is 25.2 Å². The number of H-pyrrole nitrogens is 1. The van der Waals surface area contributed by atoms with Gasteiger partial charge in [-0.05, 0) is 25.3 Å². The molecule has 1 saturated heterocycles. The number of anilines is 2. The summed E-state index contributed by atoms with van der Waals surface area (Å²) in [4.78, 5) is 19.9. The second-order valence-corrected chi connectivity index (χ2v) is 9.82. The van der Waals surface area contributed by atoms with E-state index < -0.39 is 0 Å². The number of hydrogen-bond acceptors (Lipinski definition) is 7. The molecule has 0 aromatic carbocycles. The number of hydrogen-bond donors (Lipinski definition) is 1. The molecule has 2 aliphatic rings. The summed E-state index contributed by atoms with van der Waals surface area (Å²) < 4.78 is 17.1. The Bertz CT molecular complexity index is 932. The highest BCUT2D eigenvalue weighted by Crippen LogP contribution is 2.42. The zero-order valence-corrected chi connectivity index (χ0v) is 18.4. The fourth-order valence-electron chi connectivity index (χ4n) is 3.92. The molecule has 0 aliphatic carbocycles. The van der Waals surface area contributed by atoms with E-state index in [2.05, 4.69) is 23.7 Å². The van der Waals surface area contributed by atoms with Gasteiger partial charge in [0.15, 0.2) is 4.83 Å². The van der Waals surface area contributed by atoms with E-state index in [4.69, 9.17) is 19.9 Å². The van der Waals surface area contributed by atoms with Crippen LogP contribution in [0.5, 0.6) is 0 Å². The summed E-state index contributed by atoms with van der Waals surface area (Å²) in [6.07, 6.45) is 0.742. The molecule has 0 saturated carbocycles. The Labute approximate surface area is 175 Å². The predicted molar refractivity (Wildman–Crippen MR) is 114 cm³/mol. The van der Waals surface area contributed by atoms with E-state index in [1.165, 1.54) is 16.9 Å². The quantitative estimate of drug-likeness (QED) is 0.765. The van der Waals surface area contributed by atoms with Gasteiger partial charge in [-0.25, -0.2) is 9.78 Å². The Morgan fingerprint density at radius 3 is 2.72 bits per heavy atom. The van der Waals surface area contributed by atoms with Crippen LogP contribution in [-0.2, 0) is 27.2 Å². The molecule has 0 bridgehead atoms. The molecule has 0 spiro atoms. The first-order valence-electron chi connectivity index (χ1n) is 10.2. The van der Waals surface area contributed by atoms with E-state index >= 15 is 0 Å². The van der Waals surface area contributed by atoms with Crippen LogP contribution in [-0.4, -0.2) is 44.5 Å². The summed E-state index contributed by atoms with van der Waals surface area (Å²) in [5.74, 6) is 0.980. The molecule has 1 fully saturated rings. The lowest BCUT2D eigenvalue weighted by Crippen LogP contribution is -2.42. The summed E-state index contributed by atoms with van der Waals surface area (Å²) >= 11 is 1.38. The van der Waals surface area contributed by atoms with E-state index in [0.29, 0.717) is 37.0 Å². The van der Waals surface area contributed by atoms with Crippen molar-refractivity contribution >= 4 is 39.0 Å².